The third-order valence-electron chi connectivity index (χ3n) is 8.86. The Morgan fingerprint density at radius 2 is 1.70 bits per heavy atom. The summed E-state index contributed by atoms with van der Waals surface area (Å²) in [4.78, 5) is 0. The minimum atomic E-state index is -0.161. The van der Waals surface area contributed by atoms with Crippen molar-refractivity contribution in [2.24, 2.45) is 34.5 Å². The van der Waals surface area contributed by atoms with E-state index in [1.54, 1.807) is 0 Å². The lowest BCUT2D eigenvalue weighted by Crippen LogP contribution is -2.63. The lowest BCUT2D eigenvalue weighted by Gasteiger charge is -2.61. The highest BCUT2D eigenvalue weighted by molar-refractivity contribution is 5.11. The third kappa shape index (κ3) is 2.26. The first kappa shape index (κ1) is 16.4. The molecule has 0 aromatic carbocycles. The largest absolute Gasteiger partial charge is 0.393 e. The Bertz CT molecular complexity index is 467. The van der Waals surface area contributed by atoms with Crippen molar-refractivity contribution in [3.05, 3.63) is 0 Å². The predicted octanol–water partition coefficient (Wildman–Crippen LogP) is 2.95. The number of rotatable bonds is 1. The van der Waals surface area contributed by atoms with Crippen molar-refractivity contribution in [1.29, 1.82) is 0 Å². The minimum absolute atomic E-state index is 0.0999. The average molecular weight is 322 g/mol. The van der Waals surface area contributed by atoms with Gasteiger partial charge >= 0.3 is 0 Å². The van der Waals surface area contributed by atoms with Crippen LogP contribution in [0.1, 0.15) is 65.7 Å². The molecule has 0 bridgehead atoms. The lowest BCUT2D eigenvalue weighted by atomic mass is 9.48. The number of aliphatic hydroxyl groups excluding tert-OH is 2. The van der Waals surface area contributed by atoms with Gasteiger partial charge in [-0.1, -0.05) is 13.8 Å². The number of hydrogen-bond donors (Lipinski definition) is 3. The Kier molecular flexibility index (Phi) is 3.87. The monoisotopic (exact) mass is 321 g/mol. The van der Waals surface area contributed by atoms with Gasteiger partial charge in [-0.05, 0) is 92.9 Å². The topological polar surface area (TPSA) is 52.5 Å². The van der Waals surface area contributed by atoms with E-state index in [0.717, 1.165) is 37.1 Å². The molecule has 3 aliphatic carbocycles. The first-order valence-electron chi connectivity index (χ1n) is 9.96. The Hall–Kier alpha value is -0.120. The zero-order chi connectivity index (χ0) is 16.4. The molecule has 0 radical (unpaired) electrons. The van der Waals surface area contributed by atoms with Crippen molar-refractivity contribution in [3.8, 4) is 0 Å². The van der Waals surface area contributed by atoms with Crippen LogP contribution in [0.15, 0.2) is 0 Å². The van der Waals surface area contributed by atoms with E-state index >= 15 is 0 Å². The number of hydrogen-bond acceptors (Lipinski definition) is 3. The van der Waals surface area contributed by atoms with E-state index in [4.69, 9.17) is 0 Å². The Balaban J connectivity index is 1.60. The Morgan fingerprint density at radius 3 is 2.43 bits per heavy atom. The molecule has 23 heavy (non-hydrogen) atoms. The summed E-state index contributed by atoms with van der Waals surface area (Å²) in [5.74, 6) is 2.85. The summed E-state index contributed by atoms with van der Waals surface area (Å²) in [5, 5.41) is 24.2. The second-order valence-electron chi connectivity index (χ2n) is 9.74. The lowest BCUT2D eigenvalue weighted by molar-refractivity contribution is -0.113. The highest BCUT2D eigenvalue weighted by Gasteiger charge is 2.60. The van der Waals surface area contributed by atoms with Crippen LogP contribution in [0.25, 0.3) is 0 Å². The summed E-state index contributed by atoms with van der Waals surface area (Å²) in [7, 11) is 0. The normalized spacial score (nSPS) is 57.3. The van der Waals surface area contributed by atoms with Crippen LogP contribution in [-0.2, 0) is 0 Å². The highest BCUT2D eigenvalue weighted by Crippen LogP contribution is 2.64. The molecule has 0 unspecified atom stereocenters. The van der Waals surface area contributed by atoms with Crippen LogP contribution in [0.5, 0.6) is 0 Å². The van der Waals surface area contributed by atoms with E-state index < -0.39 is 0 Å². The molecule has 0 amide bonds. The molecule has 1 aliphatic heterocycles. The standard InChI is InChI=1S/C20H35NO2/c1-12(22)15-4-5-16-14-11-21-18-10-13(23)6-8-20(18,3)17(14)7-9-19(15,16)2/h12-18,21-23H,4-11H2,1-3H3/t12-,13+,14+,15-,16+,17+,18+,19-,20-/m1/s1. The van der Waals surface area contributed by atoms with Crippen molar-refractivity contribution < 1.29 is 10.2 Å². The van der Waals surface area contributed by atoms with E-state index in [9.17, 15) is 10.2 Å². The first-order chi connectivity index (χ1) is 10.9. The molecular weight excluding hydrogens is 286 g/mol. The molecule has 3 N–H and O–H groups in total. The van der Waals surface area contributed by atoms with Crippen molar-refractivity contribution in [2.45, 2.75) is 84.0 Å². The van der Waals surface area contributed by atoms with Crippen molar-refractivity contribution in [3.63, 3.8) is 0 Å². The van der Waals surface area contributed by atoms with Crippen LogP contribution >= 0.6 is 0 Å². The van der Waals surface area contributed by atoms with Gasteiger partial charge in [0.05, 0.1) is 12.2 Å². The van der Waals surface area contributed by atoms with Gasteiger partial charge in [0.15, 0.2) is 0 Å². The minimum Gasteiger partial charge on any atom is -0.393 e. The summed E-state index contributed by atoms with van der Waals surface area (Å²) in [6.07, 6.45) is 7.97. The first-order valence-corrected chi connectivity index (χ1v) is 9.96. The fraction of sp³-hybridized carbons (Fsp3) is 1.00. The second kappa shape index (κ2) is 5.44. The van der Waals surface area contributed by atoms with E-state index in [1.807, 2.05) is 6.92 Å². The van der Waals surface area contributed by atoms with Crippen LogP contribution in [-0.4, -0.2) is 35.0 Å². The molecular formula is C20H35NO2. The second-order valence-corrected chi connectivity index (χ2v) is 9.74. The van der Waals surface area contributed by atoms with Gasteiger partial charge in [0.1, 0.15) is 0 Å². The number of nitrogens with one attached hydrogen (secondary N) is 1. The number of piperidine rings is 1. The van der Waals surface area contributed by atoms with Crippen LogP contribution in [0.4, 0.5) is 0 Å². The van der Waals surface area contributed by atoms with Gasteiger partial charge in [0.25, 0.3) is 0 Å². The summed E-state index contributed by atoms with van der Waals surface area (Å²) < 4.78 is 0. The van der Waals surface area contributed by atoms with Gasteiger partial charge in [-0.15, -0.1) is 0 Å². The average Bonchev–Trinajstić information content (AvgIpc) is 2.85. The molecule has 1 heterocycles. The molecule has 3 heteroatoms. The number of fused-ring (bicyclic) bond motifs is 5. The van der Waals surface area contributed by atoms with Gasteiger partial charge in [0.2, 0.25) is 0 Å². The van der Waals surface area contributed by atoms with Crippen molar-refractivity contribution in [1.82, 2.24) is 5.32 Å². The van der Waals surface area contributed by atoms with Crippen molar-refractivity contribution in [2.75, 3.05) is 6.54 Å². The van der Waals surface area contributed by atoms with E-state index in [0.29, 0.717) is 22.8 Å². The predicted molar refractivity (Wildman–Crippen MR) is 92.0 cm³/mol. The van der Waals surface area contributed by atoms with E-state index in [-0.39, 0.29) is 12.2 Å². The van der Waals surface area contributed by atoms with E-state index in [2.05, 4.69) is 19.2 Å². The molecule has 4 aliphatic rings. The highest BCUT2D eigenvalue weighted by atomic mass is 16.3. The zero-order valence-corrected chi connectivity index (χ0v) is 15.1. The molecule has 132 valence electrons. The van der Waals surface area contributed by atoms with Gasteiger partial charge in [-0.25, -0.2) is 0 Å². The summed E-state index contributed by atoms with van der Waals surface area (Å²) in [6, 6.07) is 0.505. The maximum atomic E-state index is 10.3. The van der Waals surface area contributed by atoms with Crippen LogP contribution in [0, 0.1) is 34.5 Å². The Morgan fingerprint density at radius 1 is 1.00 bits per heavy atom. The fourth-order valence-corrected chi connectivity index (χ4v) is 7.57. The number of aliphatic hydroxyl groups is 2. The summed E-state index contributed by atoms with van der Waals surface area (Å²) >= 11 is 0. The molecule has 3 nitrogen and oxygen atoms in total. The van der Waals surface area contributed by atoms with Crippen LogP contribution in [0.2, 0.25) is 0 Å². The van der Waals surface area contributed by atoms with Crippen LogP contribution in [0.3, 0.4) is 0 Å². The summed E-state index contributed by atoms with van der Waals surface area (Å²) in [6.45, 7) is 8.10. The molecule has 4 fully saturated rings. The molecule has 4 rings (SSSR count). The molecule has 1 saturated heterocycles. The van der Waals surface area contributed by atoms with Crippen molar-refractivity contribution >= 4 is 0 Å². The third-order valence-corrected chi connectivity index (χ3v) is 8.86. The maximum Gasteiger partial charge on any atom is 0.0555 e. The fourth-order valence-electron chi connectivity index (χ4n) is 7.57. The SMILES string of the molecule is C[C@@H](O)[C@H]1CC[C@H]2[C@@H]3CN[C@H]4C[C@@H](O)CC[C@]4(C)[C@H]3CC[C@]12C. The van der Waals surface area contributed by atoms with Gasteiger partial charge in [-0.3, -0.25) is 0 Å². The van der Waals surface area contributed by atoms with Gasteiger partial charge in [0, 0.05) is 6.04 Å². The zero-order valence-electron chi connectivity index (χ0n) is 15.1. The molecule has 9 atom stereocenters. The van der Waals surface area contributed by atoms with E-state index in [1.165, 1.54) is 32.1 Å². The quantitative estimate of drug-likeness (QED) is 0.696. The molecule has 0 aromatic heterocycles. The van der Waals surface area contributed by atoms with Gasteiger partial charge in [-0.2, -0.15) is 0 Å². The summed E-state index contributed by atoms with van der Waals surface area (Å²) in [5.41, 5.74) is 0.709. The molecule has 3 saturated carbocycles. The van der Waals surface area contributed by atoms with Crippen LogP contribution < -0.4 is 5.32 Å². The Labute approximate surface area is 141 Å². The molecule has 0 aromatic rings. The smallest absolute Gasteiger partial charge is 0.0555 e. The molecule has 0 spiro atoms. The maximum absolute atomic E-state index is 10.3. The van der Waals surface area contributed by atoms with Gasteiger partial charge < -0.3 is 15.5 Å².